The molecule has 0 saturated heterocycles. The quantitative estimate of drug-likeness (QED) is 0.904. The molecule has 0 bridgehead atoms. The van der Waals surface area contributed by atoms with Crippen LogP contribution in [0.3, 0.4) is 0 Å². The Hall–Kier alpha value is -1.12. The average molecular weight is 304 g/mol. The largest absolute Gasteiger partial charge is 0.321 e. The van der Waals surface area contributed by atoms with E-state index in [-0.39, 0.29) is 5.54 Å². The molecule has 0 spiro atoms. The average Bonchev–Trinajstić information content (AvgIpc) is 2.32. The third-order valence-corrected chi connectivity index (χ3v) is 3.80. The number of hydrogen-bond acceptors (Lipinski definition) is 1. The Morgan fingerprint density at radius 2 is 1.83 bits per heavy atom. The molecule has 2 aromatic carbocycles. The molecule has 18 heavy (non-hydrogen) atoms. The molecule has 1 nitrogen and oxygen atoms in total. The first-order valence-electron chi connectivity index (χ1n) is 6.08. The van der Waals surface area contributed by atoms with Crippen molar-refractivity contribution in [3.63, 3.8) is 0 Å². The number of rotatable bonds is 3. The molecule has 1 atom stereocenters. The van der Waals surface area contributed by atoms with Crippen LogP contribution in [0.1, 0.15) is 23.6 Å². The minimum Gasteiger partial charge on any atom is -0.321 e. The predicted molar refractivity (Wildman–Crippen MR) is 80.6 cm³/mol. The van der Waals surface area contributed by atoms with E-state index in [9.17, 15) is 0 Å². The zero-order chi connectivity index (χ0) is 13.2. The van der Waals surface area contributed by atoms with E-state index in [1.165, 1.54) is 11.1 Å². The van der Waals surface area contributed by atoms with Crippen LogP contribution in [0.15, 0.2) is 53.0 Å². The second kappa shape index (κ2) is 5.25. The molecular weight excluding hydrogens is 286 g/mol. The second-order valence-electron chi connectivity index (χ2n) is 5.03. The summed E-state index contributed by atoms with van der Waals surface area (Å²) in [4.78, 5) is 0. The van der Waals surface area contributed by atoms with Gasteiger partial charge in [0.15, 0.2) is 0 Å². The number of hydrogen-bond donors (Lipinski definition) is 1. The van der Waals surface area contributed by atoms with E-state index in [4.69, 9.17) is 5.73 Å². The Labute approximate surface area is 117 Å². The lowest BCUT2D eigenvalue weighted by Gasteiger charge is -2.26. The van der Waals surface area contributed by atoms with Gasteiger partial charge in [-0.3, -0.25) is 0 Å². The van der Waals surface area contributed by atoms with E-state index in [2.05, 4.69) is 66.2 Å². The van der Waals surface area contributed by atoms with Crippen molar-refractivity contribution < 1.29 is 0 Å². The van der Waals surface area contributed by atoms with Crippen LogP contribution in [0.2, 0.25) is 0 Å². The molecule has 94 valence electrons. The van der Waals surface area contributed by atoms with Gasteiger partial charge in [0.25, 0.3) is 0 Å². The fourth-order valence-corrected chi connectivity index (χ4v) is 2.55. The lowest BCUT2D eigenvalue weighted by molar-refractivity contribution is 0.490. The van der Waals surface area contributed by atoms with E-state index in [0.29, 0.717) is 0 Å². The van der Waals surface area contributed by atoms with Crippen LogP contribution >= 0.6 is 15.9 Å². The Kier molecular flexibility index (Phi) is 3.88. The monoisotopic (exact) mass is 303 g/mol. The van der Waals surface area contributed by atoms with Crippen LogP contribution in [0.25, 0.3) is 0 Å². The molecule has 0 radical (unpaired) electrons. The first-order valence-corrected chi connectivity index (χ1v) is 6.88. The Morgan fingerprint density at radius 3 is 2.50 bits per heavy atom. The highest BCUT2D eigenvalue weighted by Gasteiger charge is 2.22. The molecule has 0 aromatic heterocycles. The van der Waals surface area contributed by atoms with Crippen LogP contribution in [0, 0.1) is 6.92 Å². The molecule has 0 fully saturated rings. The van der Waals surface area contributed by atoms with Gasteiger partial charge in [0, 0.05) is 10.0 Å². The molecule has 2 rings (SSSR count). The zero-order valence-electron chi connectivity index (χ0n) is 10.8. The predicted octanol–water partition coefficient (Wildman–Crippen LogP) is 4.17. The minimum atomic E-state index is -0.351. The van der Waals surface area contributed by atoms with Crippen LogP contribution in [0.4, 0.5) is 0 Å². The van der Waals surface area contributed by atoms with Crippen LogP contribution in [-0.2, 0) is 12.0 Å². The van der Waals surface area contributed by atoms with Gasteiger partial charge in [0.05, 0.1) is 0 Å². The van der Waals surface area contributed by atoms with Gasteiger partial charge >= 0.3 is 0 Å². The normalized spacial score (nSPS) is 14.2. The van der Waals surface area contributed by atoms with Gasteiger partial charge in [0.1, 0.15) is 0 Å². The molecule has 0 aliphatic heterocycles. The summed E-state index contributed by atoms with van der Waals surface area (Å²) in [6.07, 6.45) is 0.843. The summed E-state index contributed by atoms with van der Waals surface area (Å²) in [7, 11) is 0. The molecule has 0 aliphatic rings. The maximum Gasteiger partial charge on any atom is 0.0422 e. The summed E-state index contributed by atoms with van der Waals surface area (Å²) in [6.45, 7) is 4.22. The maximum atomic E-state index is 6.49. The number of nitrogens with two attached hydrogens (primary N) is 1. The summed E-state index contributed by atoms with van der Waals surface area (Å²) in [5, 5.41) is 0. The third-order valence-electron chi connectivity index (χ3n) is 3.30. The standard InChI is InChI=1S/C16H18BrN/c1-12-6-3-4-7-13(12)11-16(2,18)14-8-5-9-15(17)10-14/h3-10H,11,18H2,1-2H3. The van der Waals surface area contributed by atoms with Gasteiger partial charge in [-0.1, -0.05) is 52.3 Å². The Balaban J connectivity index is 2.30. The highest BCUT2D eigenvalue weighted by molar-refractivity contribution is 9.10. The van der Waals surface area contributed by atoms with E-state index < -0.39 is 0 Å². The van der Waals surface area contributed by atoms with Crippen molar-refractivity contribution in [1.29, 1.82) is 0 Å². The smallest absolute Gasteiger partial charge is 0.0422 e. The fourth-order valence-electron chi connectivity index (χ4n) is 2.15. The molecule has 0 saturated carbocycles. The lowest BCUT2D eigenvalue weighted by Crippen LogP contribution is -2.35. The SMILES string of the molecule is Cc1ccccc1CC(C)(N)c1cccc(Br)c1. The number of benzene rings is 2. The van der Waals surface area contributed by atoms with E-state index >= 15 is 0 Å². The molecular formula is C16H18BrN. The van der Waals surface area contributed by atoms with Crippen molar-refractivity contribution in [2.75, 3.05) is 0 Å². The van der Waals surface area contributed by atoms with Gasteiger partial charge in [-0.25, -0.2) is 0 Å². The van der Waals surface area contributed by atoms with Crippen LogP contribution in [0.5, 0.6) is 0 Å². The van der Waals surface area contributed by atoms with Crippen molar-refractivity contribution in [2.24, 2.45) is 5.73 Å². The van der Waals surface area contributed by atoms with Gasteiger partial charge in [-0.2, -0.15) is 0 Å². The van der Waals surface area contributed by atoms with Crippen LogP contribution in [-0.4, -0.2) is 0 Å². The van der Waals surface area contributed by atoms with Crippen molar-refractivity contribution in [3.05, 3.63) is 69.7 Å². The third kappa shape index (κ3) is 3.01. The summed E-state index contributed by atoms with van der Waals surface area (Å²) in [5.74, 6) is 0. The molecule has 1 unspecified atom stereocenters. The first kappa shape index (κ1) is 13.3. The van der Waals surface area contributed by atoms with Gasteiger partial charge in [-0.05, 0) is 49.1 Å². The molecule has 0 amide bonds. The van der Waals surface area contributed by atoms with Crippen LogP contribution < -0.4 is 5.73 Å². The molecule has 2 aromatic rings. The highest BCUT2D eigenvalue weighted by atomic mass is 79.9. The summed E-state index contributed by atoms with van der Waals surface area (Å²) < 4.78 is 1.07. The van der Waals surface area contributed by atoms with E-state index in [0.717, 1.165) is 16.5 Å². The van der Waals surface area contributed by atoms with Crippen molar-refractivity contribution >= 4 is 15.9 Å². The van der Waals surface area contributed by atoms with Gasteiger partial charge in [0.2, 0.25) is 0 Å². The zero-order valence-corrected chi connectivity index (χ0v) is 12.4. The van der Waals surface area contributed by atoms with Crippen molar-refractivity contribution in [3.8, 4) is 0 Å². The highest BCUT2D eigenvalue weighted by Crippen LogP contribution is 2.26. The Bertz CT molecular complexity index is 546. The topological polar surface area (TPSA) is 26.0 Å². The molecule has 2 N–H and O–H groups in total. The number of aryl methyl sites for hydroxylation is 1. The van der Waals surface area contributed by atoms with E-state index in [1.54, 1.807) is 0 Å². The summed E-state index contributed by atoms with van der Waals surface area (Å²) >= 11 is 3.50. The summed E-state index contributed by atoms with van der Waals surface area (Å²) in [5.41, 5.74) is 9.89. The summed E-state index contributed by atoms with van der Waals surface area (Å²) in [6, 6.07) is 16.6. The minimum absolute atomic E-state index is 0.351. The van der Waals surface area contributed by atoms with Crippen molar-refractivity contribution in [1.82, 2.24) is 0 Å². The van der Waals surface area contributed by atoms with Gasteiger partial charge in [-0.15, -0.1) is 0 Å². The fraction of sp³-hybridized carbons (Fsp3) is 0.250. The molecule has 2 heteroatoms. The lowest BCUT2D eigenvalue weighted by atomic mass is 9.85. The second-order valence-corrected chi connectivity index (χ2v) is 5.95. The Morgan fingerprint density at radius 1 is 1.11 bits per heavy atom. The maximum absolute atomic E-state index is 6.49. The first-order chi connectivity index (χ1) is 8.49. The molecule has 0 heterocycles. The number of halogens is 1. The van der Waals surface area contributed by atoms with Gasteiger partial charge < -0.3 is 5.73 Å². The molecule has 0 aliphatic carbocycles. The van der Waals surface area contributed by atoms with E-state index in [1.807, 2.05) is 12.1 Å². The van der Waals surface area contributed by atoms with Crippen molar-refractivity contribution in [2.45, 2.75) is 25.8 Å².